The monoisotopic (exact) mass is 194 g/mol. The quantitative estimate of drug-likeness (QED) is 0.356. The van der Waals surface area contributed by atoms with Crippen LogP contribution in [-0.4, -0.2) is 36.7 Å². The van der Waals surface area contributed by atoms with E-state index in [1.807, 2.05) is 0 Å². The van der Waals surface area contributed by atoms with E-state index in [0.29, 0.717) is 0 Å². The fourth-order valence-corrected chi connectivity index (χ4v) is 0.573. The Hall–Kier alpha value is 0.830. The molecule has 0 amide bonds. The molecule has 5 nitrogen and oxygen atoms in total. The summed E-state index contributed by atoms with van der Waals surface area (Å²) in [5, 5.41) is 8.18. The molecule has 0 aromatic rings. The van der Waals surface area contributed by atoms with Crippen LogP contribution in [0, 0.1) is 0 Å². The molecule has 0 bridgehead atoms. The van der Waals surface area contributed by atoms with Gasteiger partial charge in [0.15, 0.2) is 5.44 Å². The Kier molecular flexibility index (Phi) is 8.30. The summed E-state index contributed by atoms with van der Waals surface area (Å²) in [7, 11) is -4.11. The van der Waals surface area contributed by atoms with Crippen LogP contribution in [0.25, 0.3) is 0 Å². The van der Waals surface area contributed by atoms with Crippen molar-refractivity contribution in [1.82, 2.24) is 0 Å². The molecule has 0 aliphatic carbocycles. The summed E-state index contributed by atoms with van der Waals surface area (Å²) in [4.78, 5) is 0. The number of aliphatic hydroxyl groups excluding tert-OH is 1. The van der Waals surface area contributed by atoms with E-state index in [9.17, 15) is 8.42 Å². The van der Waals surface area contributed by atoms with Gasteiger partial charge in [0.05, 0.1) is 13.2 Å². The largest absolute Gasteiger partial charge is 1.00 e. The number of hydrogen-bond acceptors (Lipinski definition) is 4. The molecule has 0 heterocycles. The summed E-state index contributed by atoms with van der Waals surface area (Å²) >= 11 is 0. The third-order valence-electron chi connectivity index (χ3n) is 0.863. The molecule has 11 heavy (non-hydrogen) atoms. The van der Waals surface area contributed by atoms with Crippen LogP contribution in [0.3, 0.4) is 0 Å². The average molecular weight is 194 g/mol. The average Bonchev–Trinajstić information content (AvgIpc) is 1.80. The van der Waals surface area contributed by atoms with Crippen molar-refractivity contribution in [2.24, 2.45) is 0 Å². The van der Waals surface area contributed by atoms with Crippen molar-refractivity contribution in [3.63, 3.8) is 0 Å². The van der Waals surface area contributed by atoms with Crippen molar-refractivity contribution in [2.75, 3.05) is 13.2 Å². The van der Waals surface area contributed by atoms with Crippen molar-refractivity contribution in [3.8, 4) is 0 Å². The third kappa shape index (κ3) is 7.20. The number of ether oxygens (including phenoxy) is 1. The first-order chi connectivity index (χ1) is 4.48. The van der Waals surface area contributed by atoms with Gasteiger partial charge < -0.3 is 11.3 Å². The summed E-state index contributed by atoms with van der Waals surface area (Å²) in [6.07, 6.45) is 0. The smallest absolute Gasteiger partial charge is 1.00 e. The molecule has 1 atom stereocenters. The number of hydrogen-bond donors (Lipinski definition) is 2. The minimum Gasteiger partial charge on any atom is -1.00 e. The van der Waals surface area contributed by atoms with Crippen LogP contribution in [0.2, 0.25) is 0 Å². The number of aliphatic hydroxyl groups is 1. The Labute approximate surface area is 89.3 Å². The van der Waals surface area contributed by atoms with Gasteiger partial charge in [-0.05, 0) is 6.92 Å². The van der Waals surface area contributed by atoms with Gasteiger partial charge >= 0.3 is 29.6 Å². The first-order valence-corrected chi connectivity index (χ1v) is 4.17. The van der Waals surface area contributed by atoms with Gasteiger partial charge in [-0.3, -0.25) is 4.55 Å². The van der Waals surface area contributed by atoms with E-state index in [2.05, 4.69) is 4.74 Å². The summed E-state index contributed by atoms with van der Waals surface area (Å²) < 4.78 is 33.1. The van der Waals surface area contributed by atoms with Gasteiger partial charge in [-0.2, -0.15) is 8.42 Å². The van der Waals surface area contributed by atoms with E-state index < -0.39 is 15.6 Å². The molecule has 0 aromatic carbocycles. The molecule has 0 aliphatic heterocycles. The normalized spacial score (nSPS) is 13.7. The van der Waals surface area contributed by atoms with Crippen molar-refractivity contribution in [3.05, 3.63) is 0 Å². The molecule has 0 radical (unpaired) electrons. The molecule has 0 aromatic heterocycles. The zero-order valence-corrected chi connectivity index (χ0v) is 9.34. The van der Waals surface area contributed by atoms with E-state index >= 15 is 0 Å². The topological polar surface area (TPSA) is 83.8 Å². The molecule has 2 N–H and O–H groups in total. The molecule has 0 rings (SSSR count). The van der Waals surface area contributed by atoms with Gasteiger partial charge in [0.25, 0.3) is 10.1 Å². The Morgan fingerprint density at radius 2 is 2.09 bits per heavy atom. The maximum Gasteiger partial charge on any atom is 1.00 e. The fourth-order valence-electron chi connectivity index (χ4n) is 0.305. The molecule has 0 saturated carbocycles. The Bertz CT molecular complexity index is 182. The van der Waals surface area contributed by atoms with Crippen LogP contribution in [-0.2, 0) is 14.9 Å². The maximum atomic E-state index is 10.2. The predicted molar refractivity (Wildman–Crippen MR) is 35.2 cm³/mol. The Morgan fingerprint density at radius 3 is 2.36 bits per heavy atom. The van der Waals surface area contributed by atoms with Crippen LogP contribution >= 0.6 is 0 Å². The maximum absolute atomic E-state index is 10.2. The molecule has 0 saturated heterocycles. The zero-order valence-electron chi connectivity index (χ0n) is 7.52. The van der Waals surface area contributed by atoms with Crippen molar-refractivity contribution >= 4 is 10.1 Å². The first-order valence-electron chi connectivity index (χ1n) is 2.67. The van der Waals surface area contributed by atoms with Gasteiger partial charge in [0.1, 0.15) is 0 Å². The molecule has 64 valence electrons. The molecule has 1 unspecified atom stereocenters. The zero-order chi connectivity index (χ0) is 8.20. The molecular weight excluding hydrogens is 183 g/mol. The van der Waals surface area contributed by atoms with Gasteiger partial charge in [0, 0.05) is 0 Å². The van der Waals surface area contributed by atoms with Gasteiger partial charge in [0.2, 0.25) is 0 Å². The summed E-state index contributed by atoms with van der Waals surface area (Å²) in [6, 6.07) is 0. The molecule has 7 heteroatoms. The van der Waals surface area contributed by atoms with Gasteiger partial charge in [-0.1, -0.05) is 0 Å². The van der Waals surface area contributed by atoms with E-state index in [0.717, 1.165) is 0 Å². The molecule has 0 aliphatic rings. The minimum atomic E-state index is -4.11. The standard InChI is InChI=1S/C4H10O5S.Na.H/c1-4(9-3-2-5)10(6,7)8;;/h4-5H,2-3H2,1H3,(H,6,7,8);;/q;+1;-1. The fraction of sp³-hybridized carbons (Fsp3) is 1.00. The van der Waals surface area contributed by atoms with Gasteiger partial charge in [-0.25, -0.2) is 0 Å². The van der Waals surface area contributed by atoms with Crippen LogP contribution in [0.4, 0.5) is 0 Å². The molecule has 0 spiro atoms. The second-order valence-electron chi connectivity index (χ2n) is 1.68. The molecular formula is C4H11NaO5S. The van der Waals surface area contributed by atoms with Crippen molar-refractivity contribution in [2.45, 2.75) is 12.4 Å². The van der Waals surface area contributed by atoms with E-state index in [4.69, 9.17) is 9.66 Å². The summed E-state index contributed by atoms with van der Waals surface area (Å²) in [5.41, 5.74) is -1.26. The van der Waals surface area contributed by atoms with Crippen LogP contribution < -0.4 is 29.6 Å². The van der Waals surface area contributed by atoms with Crippen LogP contribution in [0.15, 0.2) is 0 Å². The van der Waals surface area contributed by atoms with E-state index in [1.165, 1.54) is 6.92 Å². The van der Waals surface area contributed by atoms with Crippen LogP contribution in [0.1, 0.15) is 8.35 Å². The van der Waals surface area contributed by atoms with Crippen molar-refractivity contribution in [1.29, 1.82) is 0 Å². The SMILES string of the molecule is CC(OCCO)S(=O)(=O)O.[H-].[Na+]. The minimum absolute atomic E-state index is 0. The van der Waals surface area contributed by atoms with Gasteiger partial charge in [-0.15, -0.1) is 0 Å². The second kappa shape index (κ2) is 6.36. The van der Waals surface area contributed by atoms with Crippen LogP contribution in [0.5, 0.6) is 0 Å². The predicted octanol–water partition coefficient (Wildman–Crippen LogP) is -3.65. The first kappa shape index (κ1) is 14.4. The van der Waals surface area contributed by atoms with E-state index in [1.54, 1.807) is 0 Å². The summed E-state index contributed by atoms with van der Waals surface area (Å²) in [5.74, 6) is 0. The Morgan fingerprint density at radius 1 is 1.64 bits per heavy atom. The van der Waals surface area contributed by atoms with Crippen molar-refractivity contribution < 1.29 is 53.8 Å². The second-order valence-corrected chi connectivity index (χ2v) is 3.37. The third-order valence-corrected chi connectivity index (χ3v) is 1.84. The number of rotatable bonds is 4. The summed E-state index contributed by atoms with van der Waals surface area (Å²) in [6.45, 7) is 0.825. The van der Waals surface area contributed by atoms with E-state index in [-0.39, 0.29) is 44.2 Å². The Balaban J connectivity index is -0.000000405. The molecule has 0 fully saturated rings.